The van der Waals surface area contributed by atoms with Crippen molar-refractivity contribution in [1.29, 1.82) is 0 Å². The number of nitrogens with zero attached hydrogens (tertiary/aromatic N) is 1. The number of hydrogen-bond donors (Lipinski definition) is 1. The van der Waals surface area contributed by atoms with Gasteiger partial charge in [-0.25, -0.2) is 0 Å². The second-order valence-electron chi connectivity index (χ2n) is 6.36. The molecule has 0 unspecified atom stereocenters. The van der Waals surface area contributed by atoms with E-state index < -0.39 is 0 Å². The van der Waals surface area contributed by atoms with Crippen LogP contribution in [0.3, 0.4) is 0 Å². The van der Waals surface area contributed by atoms with Crippen LogP contribution >= 0.6 is 12.4 Å². The Kier molecular flexibility index (Phi) is 7.12. The van der Waals surface area contributed by atoms with Crippen LogP contribution in [0.15, 0.2) is 48.5 Å². The maximum Gasteiger partial charge on any atom is 0.165 e. The van der Waals surface area contributed by atoms with Crippen molar-refractivity contribution in [1.82, 2.24) is 4.90 Å². The SMILES string of the molecule is COc1cccc(CN2C[C@@H](CN)[C@H](c3ccccc3)C2)c1OC.Cl. The molecule has 0 bridgehead atoms. The summed E-state index contributed by atoms with van der Waals surface area (Å²) in [4.78, 5) is 2.46. The fraction of sp³-hybridized carbons (Fsp3) is 0.400. The molecule has 1 saturated heterocycles. The van der Waals surface area contributed by atoms with Crippen molar-refractivity contribution >= 4 is 12.4 Å². The highest BCUT2D eigenvalue weighted by Crippen LogP contribution is 2.36. The average molecular weight is 363 g/mol. The summed E-state index contributed by atoms with van der Waals surface area (Å²) < 4.78 is 11.0. The number of methoxy groups -OCH3 is 2. The van der Waals surface area contributed by atoms with Gasteiger partial charge in [0.2, 0.25) is 0 Å². The Labute approximate surface area is 156 Å². The molecule has 4 nitrogen and oxygen atoms in total. The normalized spacial score (nSPS) is 20.1. The minimum absolute atomic E-state index is 0. The van der Waals surface area contributed by atoms with E-state index in [9.17, 15) is 0 Å². The Hall–Kier alpha value is -1.75. The molecule has 1 aliphatic rings. The molecule has 0 saturated carbocycles. The summed E-state index contributed by atoms with van der Waals surface area (Å²) in [5.41, 5.74) is 8.58. The predicted octanol–water partition coefficient (Wildman–Crippen LogP) is 3.30. The lowest BCUT2D eigenvalue weighted by atomic mass is 9.89. The molecule has 0 spiro atoms. The Morgan fingerprint density at radius 3 is 2.40 bits per heavy atom. The number of ether oxygens (including phenoxy) is 2. The lowest BCUT2D eigenvalue weighted by Gasteiger charge is -2.19. The Morgan fingerprint density at radius 1 is 1.00 bits per heavy atom. The first-order valence-corrected chi connectivity index (χ1v) is 8.44. The van der Waals surface area contributed by atoms with Crippen LogP contribution in [0.25, 0.3) is 0 Å². The highest BCUT2D eigenvalue weighted by molar-refractivity contribution is 5.85. The van der Waals surface area contributed by atoms with E-state index in [0.717, 1.165) is 36.7 Å². The van der Waals surface area contributed by atoms with Gasteiger partial charge in [0.15, 0.2) is 11.5 Å². The number of hydrogen-bond acceptors (Lipinski definition) is 4. The Morgan fingerprint density at radius 2 is 1.76 bits per heavy atom. The van der Waals surface area contributed by atoms with E-state index in [2.05, 4.69) is 41.3 Å². The highest BCUT2D eigenvalue weighted by atomic mass is 35.5. The molecule has 2 aromatic rings. The van der Waals surface area contributed by atoms with Crippen LogP contribution in [-0.2, 0) is 6.54 Å². The van der Waals surface area contributed by atoms with Gasteiger partial charge < -0.3 is 15.2 Å². The zero-order valence-electron chi connectivity index (χ0n) is 14.9. The van der Waals surface area contributed by atoms with Gasteiger partial charge in [-0.3, -0.25) is 4.90 Å². The van der Waals surface area contributed by atoms with Crippen molar-refractivity contribution in [3.63, 3.8) is 0 Å². The molecule has 5 heteroatoms. The summed E-state index contributed by atoms with van der Waals surface area (Å²) >= 11 is 0. The molecule has 1 heterocycles. The first-order chi connectivity index (χ1) is 11.8. The molecular formula is C20H27ClN2O2. The van der Waals surface area contributed by atoms with Crippen LogP contribution < -0.4 is 15.2 Å². The topological polar surface area (TPSA) is 47.7 Å². The molecule has 0 amide bonds. The van der Waals surface area contributed by atoms with E-state index >= 15 is 0 Å². The summed E-state index contributed by atoms with van der Waals surface area (Å²) in [7, 11) is 3.37. The van der Waals surface area contributed by atoms with Gasteiger partial charge >= 0.3 is 0 Å². The summed E-state index contributed by atoms with van der Waals surface area (Å²) in [6.45, 7) is 3.59. The molecule has 3 rings (SSSR count). The average Bonchev–Trinajstić information content (AvgIpc) is 3.05. The number of halogens is 1. The summed E-state index contributed by atoms with van der Waals surface area (Å²) in [5.74, 6) is 2.59. The van der Waals surface area contributed by atoms with Crippen LogP contribution in [0.1, 0.15) is 17.0 Å². The van der Waals surface area contributed by atoms with Gasteiger partial charge in [-0.05, 0) is 24.1 Å². The van der Waals surface area contributed by atoms with E-state index in [1.165, 1.54) is 5.56 Å². The maximum absolute atomic E-state index is 6.05. The molecule has 0 aliphatic carbocycles. The molecule has 0 radical (unpaired) electrons. The molecule has 25 heavy (non-hydrogen) atoms. The second-order valence-corrected chi connectivity index (χ2v) is 6.36. The van der Waals surface area contributed by atoms with Gasteiger partial charge in [0.1, 0.15) is 0 Å². The Bertz CT molecular complexity index is 666. The van der Waals surface area contributed by atoms with Gasteiger partial charge in [0, 0.05) is 31.1 Å². The zero-order valence-corrected chi connectivity index (χ0v) is 15.7. The monoisotopic (exact) mass is 362 g/mol. The third-order valence-corrected chi connectivity index (χ3v) is 4.93. The first-order valence-electron chi connectivity index (χ1n) is 8.44. The van der Waals surface area contributed by atoms with Crippen molar-refractivity contribution in [2.45, 2.75) is 12.5 Å². The van der Waals surface area contributed by atoms with Crippen molar-refractivity contribution in [3.05, 3.63) is 59.7 Å². The van der Waals surface area contributed by atoms with E-state index in [0.29, 0.717) is 18.4 Å². The van der Waals surface area contributed by atoms with E-state index in [-0.39, 0.29) is 12.4 Å². The fourth-order valence-electron chi connectivity index (χ4n) is 3.73. The molecule has 136 valence electrons. The molecule has 2 aromatic carbocycles. The van der Waals surface area contributed by atoms with Crippen LogP contribution in [0.2, 0.25) is 0 Å². The van der Waals surface area contributed by atoms with Gasteiger partial charge in [-0.1, -0.05) is 42.5 Å². The van der Waals surface area contributed by atoms with Crippen molar-refractivity contribution < 1.29 is 9.47 Å². The van der Waals surface area contributed by atoms with Crippen molar-refractivity contribution in [2.75, 3.05) is 33.9 Å². The van der Waals surface area contributed by atoms with Gasteiger partial charge in [0.05, 0.1) is 14.2 Å². The zero-order chi connectivity index (χ0) is 16.9. The Balaban J connectivity index is 0.00000225. The van der Waals surface area contributed by atoms with Crippen LogP contribution in [0.5, 0.6) is 11.5 Å². The smallest absolute Gasteiger partial charge is 0.165 e. The predicted molar refractivity (Wildman–Crippen MR) is 104 cm³/mol. The summed E-state index contributed by atoms with van der Waals surface area (Å²) in [6, 6.07) is 16.8. The van der Waals surface area contributed by atoms with Crippen LogP contribution in [0, 0.1) is 5.92 Å². The first kappa shape index (κ1) is 19.6. The van der Waals surface area contributed by atoms with Gasteiger partial charge in [-0.2, -0.15) is 0 Å². The van der Waals surface area contributed by atoms with Crippen LogP contribution in [0.4, 0.5) is 0 Å². The molecule has 1 aliphatic heterocycles. The quantitative estimate of drug-likeness (QED) is 0.856. The van der Waals surface area contributed by atoms with E-state index in [1.54, 1.807) is 14.2 Å². The molecule has 2 N–H and O–H groups in total. The number of para-hydroxylation sites is 1. The lowest BCUT2D eigenvalue weighted by Crippen LogP contribution is -2.23. The molecule has 1 fully saturated rings. The van der Waals surface area contributed by atoms with Crippen molar-refractivity contribution in [3.8, 4) is 11.5 Å². The minimum Gasteiger partial charge on any atom is -0.493 e. The molecular weight excluding hydrogens is 336 g/mol. The van der Waals surface area contributed by atoms with Gasteiger partial charge in [0.25, 0.3) is 0 Å². The summed E-state index contributed by atoms with van der Waals surface area (Å²) in [5, 5.41) is 0. The van der Waals surface area contributed by atoms with Crippen molar-refractivity contribution in [2.24, 2.45) is 11.7 Å². The van der Waals surface area contributed by atoms with Gasteiger partial charge in [-0.15, -0.1) is 12.4 Å². The maximum atomic E-state index is 6.05. The third-order valence-electron chi connectivity index (χ3n) is 4.93. The second kappa shape index (κ2) is 9.09. The molecule has 0 aromatic heterocycles. The number of rotatable bonds is 6. The summed E-state index contributed by atoms with van der Waals surface area (Å²) in [6.07, 6.45) is 0. The molecule has 2 atom stereocenters. The van der Waals surface area contributed by atoms with Crippen LogP contribution in [-0.4, -0.2) is 38.8 Å². The third kappa shape index (κ3) is 4.27. The highest BCUT2D eigenvalue weighted by Gasteiger charge is 2.33. The number of benzene rings is 2. The fourth-order valence-corrected chi connectivity index (χ4v) is 3.73. The largest absolute Gasteiger partial charge is 0.493 e. The minimum atomic E-state index is 0. The van der Waals surface area contributed by atoms with E-state index in [4.69, 9.17) is 15.2 Å². The number of nitrogens with two attached hydrogens (primary N) is 1. The number of likely N-dealkylation sites (tertiary alicyclic amines) is 1. The lowest BCUT2D eigenvalue weighted by molar-refractivity contribution is 0.302. The van der Waals surface area contributed by atoms with E-state index in [1.807, 2.05) is 12.1 Å². The standard InChI is InChI=1S/C20H26N2O2.ClH/c1-23-19-10-6-9-16(20(19)24-2)12-22-13-17(11-21)18(14-22)15-7-4-3-5-8-15;/h3-10,17-18H,11-14,21H2,1-2H3;1H/t17-,18+;/m1./s1.